The third-order valence-corrected chi connectivity index (χ3v) is 2.99. The molecule has 0 spiro atoms. The zero-order valence-electron chi connectivity index (χ0n) is 11.0. The minimum absolute atomic E-state index is 0.124. The Bertz CT molecular complexity index is 667. The maximum Gasteiger partial charge on any atom is 0.266 e. The molecule has 0 aliphatic rings. The summed E-state index contributed by atoms with van der Waals surface area (Å²) in [5, 5.41) is 11.4. The quantitative estimate of drug-likeness (QED) is 0.785. The van der Waals surface area contributed by atoms with Crippen molar-refractivity contribution in [3.63, 3.8) is 0 Å². The fourth-order valence-electron chi connectivity index (χ4n) is 2.02. The van der Waals surface area contributed by atoms with Gasteiger partial charge in [0.1, 0.15) is 11.7 Å². The van der Waals surface area contributed by atoms with Gasteiger partial charge < -0.3 is 9.73 Å². The van der Waals surface area contributed by atoms with Crippen LogP contribution in [-0.4, -0.2) is 22.2 Å². The second-order valence-corrected chi connectivity index (χ2v) is 4.29. The normalized spacial score (nSPS) is 12.2. The highest BCUT2D eigenvalue weighted by Gasteiger charge is 2.19. The molecule has 20 heavy (non-hydrogen) atoms. The Labute approximate surface area is 116 Å². The van der Waals surface area contributed by atoms with Crippen molar-refractivity contribution in [2.45, 2.75) is 6.04 Å². The van der Waals surface area contributed by atoms with Gasteiger partial charge >= 0.3 is 0 Å². The van der Waals surface area contributed by atoms with E-state index in [-0.39, 0.29) is 6.04 Å². The molecule has 1 N–H and O–H groups in total. The molecule has 5 heteroatoms. The number of pyridine rings is 1. The van der Waals surface area contributed by atoms with E-state index >= 15 is 0 Å². The SMILES string of the molecule is CNC(c1ccccc1)c1nnc(-c2ccccn2)o1. The van der Waals surface area contributed by atoms with Crippen molar-refractivity contribution >= 4 is 0 Å². The van der Waals surface area contributed by atoms with Crippen LogP contribution < -0.4 is 5.32 Å². The third kappa shape index (κ3) is 2.44. The Hall–Kier alpha value is -2.53. The van der Waals surface area contributed by atoms with Gasteiger partial charge in [-0.3, -0.25) is 4.98 Å². The summed E-state index contributed by atoms with van der Waals surface area (Å²) in [6.07, 6.45) is 1.70. The van der Waals surface area contributed by atoms with Crippen molar-refractivity contribution in [1.29, 1.82) is 0 Å². The number of rotatable bonds is 4. The van der Waals surface area contributed by atoms with Gasteiger partial charge in [0, 0.05) is 6.20 Å². The fraction of sp³-hybridized carbons (Fsp3) is 0.133. The highest BCUT2D eigenvalue weighted by atomic mass is 16.4. The monoisotopic (exact) mass is 266 g/mol. The van der Waals surface area contributed by atoms with Crippen molar-refractivity contribution in [1.82, 2.24) is 20.5 Å². The van der Waals surface area contributed by atoms with Crippen LogP contribution in [0.5, 0.6) is 0 Å². The number of hydrogen-bond donors (Lipinski definition) is 1. The van der Waals surface area contributed by atoms with Gasteiger partial charge in [0.2, 0.25) is 5.89 Å². The molecule has 1 atom stereocenters. The Morgan fingerprint density at radius 2 is 1.80 bits per heavy atom. The molecule has 0 fully saturated rings. The summed E-state index contributed by atoms with van der Waals surface area (Å²) >= 11 is 0. The lowest BCUT2D eigenvalue weighted by Crippen LogP contribution is -2.17. The van der Waals surface area contributed by atoms with Crippen LogP contribution in [0.25, 0.3) is 11.6 Å². The van der Waals surface area contributed by atoms with E-state index in [1.807, 2.05) is 55.6 Å². The minimum Gasteiger partial charge on any atom is -0.417 e. The van der Waals surface area contributed by atoms with Crippen LogP contribution in [0.2, 0.25) is 0 Å². The van der Waals surface area contributed by atoms with E-state index in [9.17, 15) is 0 Å². The maximum atomic E-state index is 5.73. The summed E-state index contributed by atoms with van der Waals surface area (Å²) < 4.78 is 5.73. The average molecular weight is 266 g/mol. The summed E-state index contributed by atoms with van der Waals surface area (Å²) in [7, 11) is 1.86. The maximum absolute atomic E-state index is 5.73. The molecule has 0 aliphatic heterocycles. The van der Waals surface area contributed by atoms with Crippen LogP contribution in [0.15, 0.2) is 59.1 Å². The number of nitrogens with one attached hydrogen (secondary N) is 1. The molecule has 1 aromatic carbocycles. The van der Waals surface area contributed by atoms with Crippen molar-refractivity contribution in [2.75, 3.05) is 7.05 Å². The highest BCUT2D eigenvalue weighted by Crippen LogP contribution is 2.23. The van der Waals surface area contributed by atoms with Crippen molar-refractivity contribution in [3.8, 4) is 11.6 Å². The van der Waals surface area contributed by atoms with E-state index in [0.29, 0.717) is 17.5 Å². The predicted octanol–water partition coefficient (Wildman–Crippen LogP) is 2.44. The van der Waals surface area contributed by atoms with Gasteiger partial charge in [-0.1, -0.05) is 36.4 Å². The molecular weight excluding hydrogens is 252 g/mol. The minimum atomic E-state index is -0.124. The fourth-order valence-corrected chi connectivity index (χ4v) is 2.02. The number of benzene rings is 1. The average Bonchev–Trinajstić information content (AvgIpc) is 3.00. The lowest BCUT2D eigenvalue weighted by atomic mass is 10.1. The zero-order valence-corrected chi connectivity index (χ0v) is 11.0. The Morgan fingerprint density at radius 1 is 1.00 bits per heavy atom. The number of aromatic nitrogens is 3. The second kappa shape index (κ2) is 5.63. The molecule has 3 aromatic rings. The van der Waals surface area contributed by atoms with Crippen molar-refractivity contribution < 1.29 is 4.42 Å². The van der Waals surface area contributed by atoms with Crippen LogP contribution >= 0.6 is 0 Å². The van der Waals surface area contributed by atoms with E-state index in [1.54, 1.807) is 6.20 Å². The van der Waals surface area contributed by atoms with E-state index < -0.39 is 0 Å². The van der Waals surface area contributed by atoms with Gasteiger partial charge in [-0.05, 0) is 24.7 Å². The summed E-state index contributed by atoms with van der Waals surface area (Å²) in [5.74, 6) is 0.955. The molecule has 5 nitrogen and oxygen atoms in total. The van der Waals surface area contributed by atoms with Gasteiger partial charge in [-0.15, -0.1) is 10.2 Å². The Kier molecular flexibility index (Phi) is 3.52. The third-order valence-electron chi connectivity index (χ3n) is 2.99. The summed E-state index contributed by atoms with van der Waals surface area (Å²) in [6, 6.07) is 15.4. The van der Waals surface area contributed by atoms with Crippen LogP contribution in [0.4, 0.5) is 0 Å². The molecule has 1 unspecified atom stereocenters. The van der Waals surface area contributed by atoms with E-state index in [0.717, 1.165) is 5.56 Å². The first-order valence-electron chi connectivity index (χ1n) is 6.35. The molecular formula is C15H14N4O. The van der Waals surface area contributed by atoms with Crippen LogP contribution in [0.3, 0.4) is 0 Å². The van der Waals surface area contributed by atoms with Gasteiger partial charge in [-0.2, -0.15) is 0 Å². The molecule has 0 amide bonds. The van der Waals surface area contributed by atoms with Crippen LogP contribution in [0, 0.1) is 0 Å². The molecule has 2 aromatic heterocycles. The Morgan fingerprint density at radius 3 is 2.50 bits per heavy atom. The summed E-state index contributed by atoms with van der Waals surface area (Å²) in [5.41, 5.74) is 1.75. The summed E-state index contributed by atoms with van der Waals surface area (Å²) in [6.45, 7) is 0. The first-order chi connectivity index (χ1) is 9.88. The van der Waals surface area contributed by atoms with Crippen molar-refractivity contribution in [2.24, 2.45) is 0 Å². The van der Waals surface area contributed by atoms with Crippen molar-refractivity contribution in [3.05, 3.63) is 66.2 Å². The molecule has 3 rings (SSSR count). The predicted molar refractivity (Wildman–Crippen MR) is 74.9 cm³/mol. The van der Waals surface area contributed by atoms with Gasteiger partial charge in [0.25, 0.3) is 5.89 Å². The van der Waals surface area contributed by atoms with Gasteiger partial charge in [0.05, 0.1) is 0 Å². The molecule has 0 bridgehead atoms. The molecule has 0 saturated carbocycles. The molecule has 2 heterocycles. The van der Waals surface area contributed by atoms with E-state index in [1.165, 1.54) is 0 Å². The topological polar surface area (TPSA) is 63.8 Å². The second-order valence-electron chi connectivity index (χ2n) is 4.29. The first kappa shape index (κ1) is 12.5. The van der Waals surface area contributed by atoms with E-state index in [4.69, 9.17) is 4.42 Å². The molecule has 0 saturated heterocycles. The molecule has 0 radical (unpaired) electrons. The Balaban J connectivity index is 1.93. The van der Waals surface area contributed by atoms with Gasteiger partial charge in [0.15, 0.2) is 0 Å². The number of hydrogen-bond acceptors (Lipinski definition) is 5. The zero-order chi connectivity index (χ0) is 13.8. The first-order valence-corrected chi connectivity index (χ1v) is 6.35. The highest BCUT2D eigenvalue weighted by molar-refractivity contribution is 5.45. The van der Waals surface area contributed by atoms with Crippen LogP contribution in [-0.2, 0) is 0 Å². The largest absolute Gasteiger partial charge is 0.417 e. The standard InChI is InChI=1S/C15H14N4O/c1-16-13(11-7-3-2-4-8-11)15-19-18-14(20-15)12-9-5-6-10-17-12/h2-10,13,16H,1H3. The smallest absolute Gasteiger partial charge is 0.266 e. The van der Waals surface area contributed by atoms with Crippen LogP contribution in [0.1, 0.15) is 17.5 Å². The lowest BCUT2D eigenvalue weighted by Gasteiger charge is -2.11. The molecule has 0 aliphatic carbocycles. The van der Waals surface area contributed by atoms with E-state index in [2.05, 4.69) is 20.5 Å². The summed E-state index contributed by atoms with van der Waals surface area (Å²) in [4.78, 5) is 4.20. The van der Waals surface area contributed by atoms with Gasteiger partial charge in [-0.25, -0.2) is 0 Å². The lowest BCUT2D eigenvalue weighted by molar-refractivity contribution is 0.455. The molecule has 100 valence electrons. The number of nitrogens with zero attached hydrogens (tertiary/aromatic N) is 3.